The smallest absolute Gasteiger partial charge is 0.289 e. The number of piperazine rings is 1. The number of nitrogens with zero attached hydrogens (tertiary/aromatic N) is 3. The molecule has 1 fully saturated rings. The molecule has 2 aromatic rings. The van der Waals surface area contributed by atoms with Crippen molar-refractivity contribution in [2.24, 2.45) is 0 Å². The Bertz CT molecular complexity index is 795. The molecule has 1 amide bonds. The Kier molecular flexibility index (Phi) is 4.43. The number of carbonyl (C=O) groups is 1. The van der Waals surface area contributed by atoms with Crippen LogP contribution in [0.25, 0.3) is 0 Å². The van der Waals surface area contributed by atoms with Gasteiger partial charge in [0.1, 0.15) is 5.82 Å². The second-order valence-electron chi connectivity index (χ2n) is 5.53. The SMILES string of the molecule is CS(=O)(=O)Nc1ccc(N2CCN(C(=O)c3ccco3)CC2)cn1. The summed E-state index contributed by atoms with van der Waals surface area (Å²) in [4.78, 5) is 20.2. The molecule has 0 saturated carbocycles. The molecule has 0 atom stereocenters. The number of sulfonamides is 1. The molecule has 3 rings (SSSR count). The van der Waals surface area contributed by atoms with Crippen LogP contribution < -0.4 is 9.62 Å². The summed E-state index contributed by atoms with van der Waals surface area (Å²) >= 11 is 0. The molecule has 0 bridgehead atoms. The summed E-state index contributed by atoms with van der Waals surface area (Å²) in [7, 11) is -3.33. The van der Waals surface area contributed by atoms with Crippen LogP contribution >= 0.6 is 0 Å². The Morgan fingerprint density at radius 2 is 1.96 bits per heavy atom. The van der Waals surface area contributed by atoms with Crippen LogP contribution in [-0.2, 0) is 10.0 Å². The molecule has 0 radical (unpaired) electrons. The summed E-state index contributed by atoms with van der Waals surface area (Å²) in [6, 6.07) is 6.79. The predicted molar refractivity (Wildman–Crippen MR) is 89.5 cm³/mol. The number of anilines is 2. The van der Waals surface area contributed by atoms with Crippen molar-refractivity contribution in [3.8, 4) is 0 Å². The molecule has 1 N–H and O–H groups in total. The average molecular weight is 350 g/mol. The normalized spacial score (nSPS) is 15.4. The summed E-state index contributed by atoms with van der Waals surface area (Å²) in [5.41, 5.74) is 0.888. The van der Waals surface area contributed by atoms with Crippen LogP contribution in [-0.4, -0.2) is 56.6 Å². The second kappa shape index (κ2) is 6.52. The van der Waals surface area contributed by atoms with Crippen LogP contribution in [0.1, 0.15) is 10.6 Å². The second-order valence-corrected chi connectivity index (χ2v) is 7.28. The fourth-order valence-corrected chi connectivity index (χ4v) is 3.05. The van der Waals surface area contributed by atoms with E-state index in [1.165, 1.54) is 6.26 Å². The highest BCUT2D eigenvalue weighted by molar-refractivity contribution is 7.92. The maximum atomic E-state index is 12.2. The Balaban J connectivity index is 1.59. The molecule has 1 aliphatic heterocycles. The minimum absolute atomic E-state index is 0.106. The number of hydrogen-bond acceptors (Lipinski definition) is 6. The minimum Gasteiger partial charge on any atom is -0.459 e. The zero-order valence-corrected chi connectivity index (χ0v) is 14.0. The quantitative estimate of drug-likeness (QED) is 0.884. The fraction of sp³-hybridized carbons (Fsp3) is 0.333. The zero-order valence-electron chi connectivity index (χ0n) is 13.2. The fourth-order valence-electron chi connectivity index (χ4n) is 2.55. The van der Waals surface area contributed by atoms with Gasteiger partial charge in [0.25, 0.3) is 5.91 Å². The summed E-state index contributed by atoms with van der Waals surface area (Å²) in [6.45, 7) is 2.52. The number of carbonyl (C=O) groups excluding carboxylic acids is 1. The molecule has 24 heavy (non-hydrogen) atoms. The molecule has 1 saturated heterocycles. The van der Waals surface area contributed by atoms with Crippen LogP contribution in [0.4, 0.5) is 11.5 Å². The maximum absolute atomic E-state index is 12.2. The van der Waals surface area contributed by atoms with E-state index in [1.54, 1.807) is 29.3 Å². The van der Waals surface area contributed by atoms with Gasteiger partial charge in [-0.2, -0.15) is 0 Å². The lowest BCUT2D eigenvalue weighted by Gasteiger charge is -2.35. The van der Waals surface area contributed by atoms with E-state index in [2.05, 4.69) is 14.6 Å². The summed E-state index contributed by atoms with van der Waals surface area (Å²) < 4.78 is 29.8. The van der Waals surface area contributed by atoms with Gasteiger partial charge in [-0.05, 0) is 24.3 Å². The molecule has 3 heterocycles. The molecule has 1 aliphatic rings. The van der Waals surface area contributed by atoms with Crippen LogP contribution in [0.5, 0.6) is 0 Å². The monoisotopic (exact) mass is 350 g/mol. The predicted octanol–water partition coefficient (Wildman–Crippen LogP) is 1.01. The molecule has 9 heteroatoms. The molecule has 2 aromatic heterocycles. The topological polar surface area (TPSA) is 95.8 Å². The van der Waals surface area contributed by atoms with E-state index in [0.717, 1.165) is 11.9 Å². The third kappa shape index (κ3) is 3.85. The van der Waals surface area contributed by atoms with Crippen LogP contribution in [0, 0.1) is 0 Å². The van der Waals surface area contributed by atoms with Gasteiger partial charge in [-0.15, -0.1) is 0 Å². The lowest BCUT2D eigenvalue weighted by Crippen LogP contribution is -2.48. The zero-order chi connectivity index (χ0) is 17.2. The Morgan fingerprint density at radius 1 is 1.21 bits per heavy atom. The number of nitrogens with one attached hydrogen (secondary N) is 1. The Hall–Kier alpha value is -2.55. The van der Waals surface area contributed by atoms with E-state index < -0.39 is 10.0 Å². The third-order valence-electron chi connectivity index (χ3n) is 3.70. The summed E-state index contributed by atoms with van der Waals surface area (Å²) in [5, 5.41) is 0. The van der Waals surface area contributed by atoms with E-state index in [0.29, 0.717) is 31.9 Å². The maximum Gasteiger partial charge on any atom is 0.289 e. The van der Waals surface area contributed by atoms with Crippen molar-refractivity contribution in [3.05, 3.63) is 42.5 Å². The molecular weight excluding hydrogens is 332 g/mol. The van der Waals surface area contributed by atoms with Gasteiger partial charge < -0.3 is 14.2 Å². The molecule has 0 aromatic carbocycles. The summed E-state index contributed by atoms with van der Waals surface area (Å²) in [6.07, 6.45) is 4.19. The number of pyridine rings is 1. The van der Waals surface area contributed by atoms with E-state index in [-0.39, 0.29) is 11.7 Å². The van der Waals surface area contributed by atoms with Crippen LogP contribution in [0.3, 0.4) is 0 Å². The first-order valence-corrected chi connectivity index (χ1v) is 9.33. The van der Waals surface area contributed by atoms with Crippen molar-refractivity contribution in [2.45, 2.75) is 0 Å². The first kappa shape index (κ1) is 16.3. The molecule has 0 spiro atoms. The lowest BCUT2D eigenvalue weighted by molar-refractivity contribution is 0.0714. The van der Waals surface area contributed by atoms with Crippen molar-refractivity contribution in [1.29, 1.82) is 0 Å². The van der Waals surface area contributed by atoms with Gasteiger partial charge in [-0.3, -0.25) is 9.52 Å². The largest absolute Gasteiger partial charge is 0.459 e. The number of rotatable bonds is 4. The molecular formula is C15H18N4O4S. The van der Waals surface area contributed by atoms with Crippen molar-refractivity contribution < 1.29 is 17.6 Å². The highest BCUT2D eigenvalue weighted by atomic mass is 32.2. The highest BCUT2D eigenvalue weighted by Crippen LogP contribution is 2.18. The minimum atomic E-state index is -3.33. The molecule has 0 aliphatic carbocycles. The number of hydrogen-bond donors (Lipinski definition) is 1. The molecule has 8 nitrogen and oxygen atoms in total. The van der Waals surface area contributed by atoms with Gasteiger partial charge >= 0.3 is 0 Å². The van der Waals surface area contributed by atoms with Gasteiger partial charge in [0.2, 0.25) is 10.0 Å². The first-order chi connectivity index (χ1) is 11.4. The van der Waals surface area contributed by atoms with Gasteiger partial charge in [0.05, 0.1) is 24.4 Å². The van der Waals surface area contributed by atoms with Crippen molar-refractivity contribution >= 4 is 27.4 Å². The number of furan rings is 1. The first-order valence-electron chi connectivity index (χ1n) is 7.44. The lowest BCUT2D eigenvalue weighted by atomic mass is 10.2. The standard InChI is InChI=1S/C15H18N4O4S/c1-24(21,22)17-14-5-4-12(11-16-14)18-6-8-19(9-7-18)15(20)13-3-2-10-23-13/h2-5,10-11H,6-9H2,1H3,(H,16,17). The van der Waals surface area contributed by atoms with Crippen molar-refractivity contribution in [1.82, 2.24) is 9.88 Å². The number of amides is 1. The van der Waals surface area contributed by atoms with E-state index in [9.17, 15) is 13.2 Å². The molecule has 128 valence electrons. The van der Waals surface area contributed by atoms with Gasteiger partial charge in [0.15, 0.2) is 5.76 Å². The third-order valence-corrected chi connectivity index (χ3v) is 4.28. The van der Waals surface area contributed by atoms with Gasteiger partial charge in [0, 0.05) is 26.2 Å². The van der Waals surface area contributed by atoms with Crippen LogP contribution in [0.15, 0.2) is 41.1 Å². The Labute approximate surface area is 140 Å². The van der Waals surface area contributed by atoms with Gasteiger partial charge in [-0.25, -0.2) is 13.4 Å². The van der Waals surface area contributed by atoms with E-state index in [1.807, 2.05) is 6.07 Å². The highest BCUT2D eigenvalue weighted by Gasteiger charge is 2.23. The van der Waals surface area contributed by atoms with E-state index >= 15 is 0 Å². The van der Waals surface area contributed by atoms with Crippen LogP contribution in [0.2, 0.25) is 0 Å². The summed E-state index contributed by atoms with van der Waals surface area (Å²) in [5.74, 6) is 0.527. The van der Waals surface area contributed by atoms with E-state index in [4.69, 9.17) is 4.42 Å². The molecule has 0 unspecified atom stereocenters. The van der Waals surface area contributed by atoms with Crippen molar-refractivity contribution in [3.63, 3.8) is 0 Å². The van der Waals surface area contributed by atoms with Crippen molar-refractivity contribution in [2.75, 3.05) is 42.1 Å². The van der Waals surface area contributed by atoms with Gasteiger partial charge in [-0.1, -0.05) is 0 Å². The average Bonchev–Trinajstić information content (AvgIpc) is 3.08. The Morgan fingerprint density at radius 3 is 2.50 bits per heavy atom. The number of aromatic nitrogens is 1.